The van der Waals surface area contributed by atoms with Gasteiger partial charge in [-0.25, -0.2) is 4.39 Å². The predicted octanol–water partition coefficient (Wildman–Crippen LogP) is 1.48. The molecule has 6 heteroatoms. The van der Waals surface area contributed by atoms with Crippen molar-refractivity contribution in [2.24, 2.45) is 5.92 Å². The van der Waals surface area contributed by atoms with E-state index in [2.05, 4.69) is 10.2 Å². The number of hydrogen-bond donors (Lipinski definition) is 1. The maximum Gasteiger partial charge on any atom is 0.236 e. The third kappa shape index (κ3) is 4.13. The molecule has 0 spiro atoms. The highest BCUT2D eigenvalue weighted by atomic mass is 19.1. The lowest BCUT2D eigenvalue weighted by molar-refractivity contribution is -0.130. The smallest absolute Gasteiger partial charge is 0.236 e. The highest BCUT2D eigenvalue weighted by molar-refractivity contribution is 5.78. The molecular formula is C17H24FN3O2. The first kappa shape index (κ1) is 16.1. The van der Waals surface area contributed by atoms with Crippen LogP contribution in [0.5, 0.6) is 5.75 Å². The molecule has 1 saturated heterocycles. The molecule has 1 aliphatic carbocycles. The molecule has 126 valence electrons. The fourth-order valence-corrected chi connectivity index (χ4v) is 2.93. The van der Waals surface area contributed by atoms with Crippen LogP contribution in [0.3, 0.4) is 0 Å². The van der Waals surface area contributed by atoms with Crippen LogP contribution >= 0.6 is 0 Å². The van der Waals surface area contributed by atoms with Crippen LogP contribution in [0.1, 0.15) is 12.8 Å². The molecule has 0 radical (unpaired) electrons. The van der Waals surface area contributed by atoms with Gasteiger partial charge in [-0.2, -0.15) is 0 Å². The van der Waals surface area contributed by atoms with Crippen molar-refractivity contribution in [3.63, 3.8) is 0 Å². The Labute approximate surface area is 136 Å². The second-order valence-corrected chi connectivity index (χ2v) is 6.26. The van der Waals surface area contributed by atoms with Crippen molar-refractivity contribution in [3.05, 3.63) is 24.0 Å². The van der Waals surface area contributed by atoms with E-state index in [9.17, 15) is 9.18 Å². The van der Waals surface area contributed by atoms with Crippen LogP contribution in [0.4, 0.5) is 10.1 Å². The number of ether oxygens (including phenoxy) is 1. The summed E-state index contributed by atoms with van der Waals surface area (Å²) in [4.78, 5) is 16.2. The molecule has 2 fully saturated rings. The minimum Gasteiger partial charge on any atom is -0.494 e. The number of halogens is 1. The Balaban J connectivity index is 1.50. The predicted molar refractivity (Wildman–Crippen MR) is 87.3 cm³/mol. The number of amides is 1. The van der Waals surface area contributed by atoms with E-state index < -0.39 is 0 Å². The summed E-state index contributed by atoms with van der Waals surface area (Å²) in [6, 6.07) is 4.58. The lowest BCUT2D eigenvalue weighted by Crippen LogP contribution is -2.51. The van der Waals surface area contributed by atoms with Gasteiger partial charge < -0.3 is 19.9 Å². The summed E-state index contributed by atoms with van der Waals surface area (Å²) in [5.74, 6) is 1.18. The summed E-state index contributed by atoms with van der Waals surface area (Å²) in [7, 11) is 1.55. The monoisotopic (exact) mass is 321 g/mol. The van der Waals surface area contributed by atoms with Gasteiger partial charge in [-0.3, -0.25) is 4.79 Å². The number of anilines is 1. The minimum absolute atomic E-state index is 0.163. The largest absolute Gasteiger partial charge is 0.494 e. The molecule has 1 heterocycles. The Morgan fingerprint density at radius 3 is 2.70 bits per heavy atom. The lowest BCUT2D eigenvalue weighted by atomic mass is 10.2. The summed E-state index contributed by atoms with van der Waals surface area (Å²) in [6.45, 7) is 4.22. The molecule has 3 rings (SSSR count). The summed E-state index contributed by atoms with van der Waals surface area (Å²) in [5.41, 5.74) is 0.882. The highest BCUT2D eigenvalue weighted by Gasteiger charge is 2.24. The molecule has 1 aromatic rings. The number of hydrogen-bond acceptors (Lipinski definition) is 4. The Morgan fingerprint density at radius 1 is 1.30 bits per heavy atom. The van der Waals surface area contributed by atoms with Gasteiger partial charge in [0.1, 0.15) is 11.6 Å². The second kappa shape index (κ2) is 7.17. The molecule has 23 heavy (non-hydrogen) atoms. The van der Waals surface area contributed by atoms with Gasteiger partial charge in [0, 0.05) is 32.2 Å². The molecule has 1 aliphatic heterocycles. The maximum absolute atomic E-state index is 13.3. The van der Waals surface area contributed by atoms with E-state index in [1.54, 1.807) is 13.2 Å². The number of rotatable bonds is 6. The lowest BCUT2D eigenvalue weighted by Gasteiger charge is -2.36. The standard InChI is InChI=1S/C17H24FN3O2/c1-23-16-10-14(18)4-5-15(16)20-6-8-21(9-7-20)17(22)12-19-11-13-2-3-13/h4-5,10,13,19H,2-3,6-9,11-12H2,1H3. The van der Waals surface area contributed by atoms with Crippen LogP contribution < -0.4 is 15.0 Å². The van der Waals surface area contributed by atoms with E-state index in [4.69, 9.17) is 4.74 Å². The summed E-state index contributed by atoms with van der Waals surface area (Å²) >= 11 is 0. The van der Waals surface area contributed by atoms with Crippen LogP contribution in [-0.4, -0.2) is 57.2 Å². The zero-order valence-corrected chi connectivity index (χ0v) is 13.6. The topological polar surface area (TPSA) is 44.8 Å². The first-order chi connectivity index (χ1) is 11.2. The van der Waals surface area contributed by atoms with Gasteiger partial charge in [0.15, 0.2) is 0 Å². The fourth-order valence-electron chi connectivity index (χ4n) is 2.93. The number of benzene rings is 1. The molecule has 2 aliphatic rings. The summed E-state index contributed by atoms with van der Waals surface area (Å²) in [5, 5.41) is 3.25. The molecular weight excluding hydrogens is 297 g/mol. The fraction of sp³-hybridized carbons (Fsp3) is 0.588. The Morgan fingerprint density at radius 2 is 2.04 bits per heavy atom. The van der Waals surface area contributed by atoms with Crippen LogP contribution in [0.15, 0.2) is 18.2 Å². The van der Waals surface area contributed by atoms with Gasteiger partial charge in [-0.15, -0.1) is 0 Å². The molecule has 1 aromatic carbocycles. The maximum atomic E-state index is 13.3. The number of carbonyl (C=O) groups is 1. The summed E-state index contributed by atoms with van der Waals surface area (Å²) in [6.07, 6.45) is 2.58. The molecule has 0 atom stereocenters. The van der Waals surface area contributed by atoms with Crippen LogP contribution in [0, 0.1) is 11.7 Å². The molecule has 1 N–H and O–H groups in total. The van der Waals surface area contributed by atoms with Gasteiger partial charge in [0.05, 0.1) is 19.3 Å². The Hall–Kier alpha value is -1.82. The van der Waals surface area contributed by atoms with Gasteiger partial charge in [-0.1, -0.05) is 0 Å². The zero-order chi connectivity index (χ0) is 16.2. The van der Waals surface area contributed by atoms with Crippen LogP contribution in [0.2, 0.25) is 0 Å². The van der Waals surface area contributed by atoms with E-state index >= 15 is 0 Å². The van der Waals surface area contributed by atoms with Crippen LogP contribution in [0.25, 0.3) is 0 Å². The molecule has 5 nitrogen and oxygen atoms in total. The average Bonchev–Trinajstić information content (AvgIpc) is 3.39. The number of methoxy groups -OCH3 is 1. The average molecular weight is 321 g/mol. The van der Waals surface area contributed by atoms with Crippen molar-refractivity contribution < 1.29 is 13.9 Å². The molecule has 1 amide bonds. The van der Waals surface area contributed by atoms with E-state index in [1.165, 1.54) is 25.0 Å². The van der Waals surface area contributed by atoms with E-state index in [0.717, 1.165) is 31.2 Å². The van der Waals surface area contributed by atoms with Gasteiger partial charge >= 0.3 is 0 Å². The first-order valence-corrected chi connectivity index (χ1v) is 8.24. The summed E-state index contributed by atoms with van der Waals surface area (Å²) < 4.78 is 18.6. The molecule has 0 unspecified atom stereocenters. The number of carbonyl (C=O) groups excluding carboxylic acids is 1. The van der Waals surface area contributed by atoms with Gasteiger partial charge in [-0.05, 0) is 37.4 Å². The molecule has 0 aromatic heterocycles. The SMILES string of the molecule is COc1cc(F)ccc1N1CCN(C(=O)CNCC2CC2)CC1. The highest BCUT2D eigenvalue weighted by Crippen LogP contribution is 2.29. The Kier molecular flexibility index (Phi) is 5.00. The van der Waals surface area contributed by atoms with Crippen molar-refractivity contribution in [2.45, 2.75) is 12.8 Å². The third-order valence-electron chi connectivity index (χ3n) is 4.52. The molecule has 1 saturated carbocycles. The van der Waals surface area contributed by atoms with E-state index in [1.807, 2.05) is 4.90 Å². The van der Waals surface area contributed by atoms with Crippen LogP contribution in [-0.2, 0) is 4.79 Å². The third-order valence-corrected chi connectivity index (χ3v) is 4.52. The Bertz CT molecular complexity index is 555. The second-order valence-electron chi connectivity index (χ2n) is 6.26. The van der Waals surface area contributed by atoms with Crippen molar-refractivity contribution in [2.75, 3.05) is 51.3 Å². The zero-order valence-electron chi connectivity index (χ0n) is 13.6. The quantitative estimate of drug-likeness (QED) is 0.862. The van der Waals surface area contributed by atoms with Crippen molar-refractivity contribution >= 4 is 11.6 Å². The van der Waals surface area contributed by atoms with Gasteiger partial charge in [0.2, 0.25) is 5.91 Å². The van der Waals surface area contributed by atoms with E-state index in [0.29, 0.717) is 25.4 Å². The van der Waals surface area contributed by atoms with Crippen molar-refractivity contribution in [1.29, 1.82) is 0 Å². The normalized spacial score (nSPS) is 18.2. The van der Waals surface area contributed by atoms with Crippen molar-refractivity contribution in [3.8, 4) is 5.75 Å². The van der Waals surface area contributed by atoms with Crippen molar-refractivity contribution in [1.82, 2.24) is 10.2 Å². The number of nitrogens with one attached hydrogen (secondary N) is 1. The van der Waals surface area contributed by atoms with E-state index in [-0.39, 0.29) is 11.7 Å². The van der Waals surface area contributed by atoms with Gasteiger partial charge in [0.25, 0.3) is 0 Å². The minimum atomic E-state index is -0.304. The number of piperazine rings is 1. The molecule has 0 bridgehead atoms. The first-order valence-electron chi connectivity index (χ1n) is 8.24. The number of nitrogens with zero attached hydrogens (tertiary/aromatic N) is 2.